The third-order valence-electron chi connectivity index (χ3n) is 11.5. The highest BCUT2D eigenvalue weighted by atomic mass is 16.7. The van der Waals surface area contributed by atoms with Crippen molar-refractivity contribution >= 4 is 18.9 Å². The van der Waals surface area contributed by atoms with Gasteiger partial charge in [-0.05, 0) is 68.1 Å². The lowest BCUT2D eigenvalue weighted by Gasteiger charge is -2.64. The molecule has 0 spiro atoms. The molecular formula is C29H50BN3O4. The van der Waals surface area contributed by atoms with Gasteiger partial charge in [-0.3, -0.25) is 9.59 Å². The summed E-state index contributed by atoms with van der Waals surface area (Å²) in [7, 11) is -0.451. The third-order valence-corrected chi connectivity index (χ3v) is 11.5. The number of amides is 2. The van der Waals surface area contributed by atoms with Crippen LogP contribution in [0.5, 0.6) is 0 Å². The highest BCUT2D eigenvalue weighted by Gasteiger charge is 2.68. The van der Waals surface area contributed by atoms with E-state index in [1.807, 2.05) is 13.8 Å². The van der Waals surface area contributed by atoms with Gasteiger partial charge in [-0.25, -0.2) is 0 Å². The second-order valence-corrected chi connectivity index (χ2v) is 14.1. The number of nitrogens with one attached hydrogen (secondary N) is 1. The summed E-state index contributed by atoms with van der Waals surface area (Å²) >= 11 is 0. The summed E-state index contributed by atoms with van der Waals surface area (Å²) in [6.07, 6.45) is 10.3. The Balaban J connectivity index is 1.31. The van der Waals surface area contributed by atoms with Crippen molar-refractivity contribution < 1.29 is 18.9 Å². The molecule has 6 rings (SSSR count). The molecule has 0 aromatic carbocycles. The number of rotatable bonds is 8. The van der Waals surface area contributed by atoms with Crippen LogP contribution in [0.4, 0.5) is 0 Å². The van der Waals surface area contributed by atoms with Crippen LogP contribution in [0.2, 0.25) is 0 Å². The zero-order valence-corrected chi connectivity index (χ0v) is 24.1. The Hall–Kier alpha value is -1.12. The van der Waals surface area contributed by atoms with Gasteiger partial charge >= 0.3 is 7.12 Å². The summed E-state index contributed by atoms with van der Waals surface area (Å²) in [4.78, 5) is 29.3. The Morgan fingerprint density at radius 1 is 1.19 bits per heavy atom. The molecule has 4 saturated carbocycles. The lowest BCUT2D eigenvalue weighted by atomic mass is 9.43. The maximum Gasteiger partial charge on any atom is 0.481 e. The van der Waals surface area contributed by atoms with Crippen molar-refractivity contribution in [3.63, 3.8) is 0 Å². The molecule has 6 aliphatic rings. The van der Waals surface area contributed by atoms with Crippen LogP contribution < -0.4 is 11.1 Å². The van der Waals surface area contributed by atoms with Gasteiger partial charge in [0.2, 0.25) is 11.8 Å². The predicted octanol–water partition coefficient (Wildman–Crippen LogP) is 4.07. The van der Waals surface area contributed by atoms with Gasteiger partial charge in [-0.1, -0.05) is 66.7 Å². The first-order chi connectivity index (χ1) is 17.4. The van der Waals surface area contributed by atoms with E-state index in [0.717, 1.165) is 19.3 Å². The molecule has 2 bridgehead atoms. The van der Waals surface area contributed by atoms with E-state index in [0.29, 0.717) is 43.6 Å². The fourth-order valence-corrected chi connectivity index (χ4v) is 8.44. The first-order valence-electron chi connectivity index (χ1n) is 15.1. The predicted molar refractivity (Wildman–Crippen MR) is 145 cm³/mol. The van der Waals surface area contributed by atoms with Gasteiger partial charge in [0.05, 0.1) is 23.2 Å². The number of hydrogen-bond acceptors (Lipinski definition) is 5. The molecule has 6 fully saturated rings. The van der Waals surface area contributed by atoms with Crippen LogP contribution in [0.25, 0.3) is 0 Å². The molecule has 208 valence electrons. The summed E-state index contributed by atoms with van der Waals surface area (Å²) in [6, 6.07) is -0.486. The van der Waals surface area contributed by atoms with E-state index in [-0.39, 0.29) is 40.8 Å². The normalized spacial score (nSPS) is 38.9. The van der Waals surface area contributed by atoms with Gasteiger partial charge in [0.25, 0.3) is 0 Å². The molecule has 7 nitrogen and oxygen atoms in total. The zero-order valence-electron chi connectivity index (χ0n) is 24.1. The third kappa shape index (κ3) is 4.47. The van der Waals surface area contributed by atoms with Crippen molar-refractivity contribution in [2.24, 2.45) is 34.8 Å². The van der Waals surface area contributed by atoms with Crippen LogP contribution in [-0.2, 0) is 18.9 Å². The van der Waals surface area contributed by atoms with Gasteiger partial charge in [-0.15, -0.1) is 0 Å². The largest absolute Gasteiger partial charge is 0.481 e. The number of likely N-dealkylation sites (tertiary alicyclic amines) is 1. The monoisotopic (exact) mass is 515 g/mol. The molecule has 2 amide bonds. The van der Waals surface area contributed by atoms with Crippen LogP contribution in [0.1, 0.15) is 106 Å². The van der Waals surface area contributed by atoms with Gasteiger partial charge in [-0.2, -0.15) is 0 Å². The molecule has 0 aromatic rings. The Labute approximate surface area is 224 Å². The van der Waals surface area contributed by atoms with E-state index in [4.69, 9.17) is 15.0 Å². The standard InChI is InChI=1S/C29H50BN3O4/c1-7-24(30-36-23-17-20-16-22(27(20,4)5)28(23,6)37-30)32-25(34)21(15-19-11-9-8-10-12-19)33-14-13-29(31,18(2)3)26(33)35/h18-24H,7-17,31H2,1-6H3,(H,32,34)/t20?,21-,22?,23?,24?,28?,29?/m1/s1. The first-order valence-corrected chi connectivity index (χ1v) is 15.1. The van der Waals surface area contributed by atoms with E-state index >= 15 is 0 Å². The molecule has 37 heavy (non-hydrogen) atoms. The van der Waals surface area contributed by atoms with Crippen LogP contribution in [0, 0.1) is 29.1 Å². The van der Waals surface area contributed by atoms with Crippen molar-refractivity contribution in [3.8, 4) is 0 Å². The van der Waals surface area contributed by atoms with Crippen molar-refractivity contribution in [2.45, 2.75) is 135 Å². The molecule has 2 heterocycles. The fourth-order valence-electron chi connectivity index (χ4n) is 8.44. The molecule has 6 unspecified atom stereocenters. The molecule has 0 aromatic heterocycles. The Kier molecular flexibility index (Phi) is 7.28. The molecule has 7 atom stereocenters. The van der Waals surface area contributed by atoms with Crippen molar-refractivity contribution in [1.29, 1.82) is 0 Å². The SMILES string of the molecule is CCC(NC(=O)[C@@H](CC1CCCCC1)N1CCC(N)(C(C)C)C1=O)B1OC2CC3CC(C3(C)C)C2(C)O1. The second-order valence-electron chi connectivity index (χ2n) is 14.1. The highest BCUT2D eigenvalue weighted by Crippen LogP contribution is 2.65. The second kappa shape index (κ2) is 9.81. The minimum atomic E-state index is -0.884. The van der Waals surface area contributed by atoms with Gasteiger partial charge < -0.3 is 25.3 Å². The number of nitrogens with zero attached hydrogens (tertiary/aromatic N) is 1. The van der Waals surface area contributed by atoms with E-state index in [2.05, 4.69) is 33.0 Å². The minimum absolute atomic E-state index is 0.0339. The van der Waals surface area contributed by atoms with Crippen molar-refractivity contribution in [3.05, 3.63) is 0 Å². The fraction of sp³-hybridized carbons (Fsp3) is 0.931. The number of carbonyl (C=O) groups is 2. The summed E-state index contributed by atoms with van der Waals surface area (Å²) < 4.78 is 13.2. The Morgan fingerprint density at radius 2 is 1.89 bits per heavy atom. The summed E-state index contributed by atoms with van der Waals surface area (Å²) in [5.41, 5.74) is 5.68. The molecular weight excluding hydrogens is 465 g/mol. The Morgan fingerprint density at radius 3 is 2.49 bits per heavy atom. The first kappa shape index (κ1) is 27.5. The lowest BCUT2D eigenvalue weighted by molar-refractivity contribution is -0.199. The molecule has 2 aliphatic heterocycles. The summed E-state index contributed by atoms with van der Waals surface area (Å²) in [5, 5.41) is 3.30. The van der Waals surface area contributed by atoms with E-state index in [1.165, 1.54) is 25.7 Å². The molecule has 4 aliphatic carbocycles. The van der Waals surface area contributed by atoms with E-state index in [1.54, 1.807) is 4.90 Å². The van der Waals surface area contributed by atoms with E-state index in [9.17, 15) is 9.59 Å². The topological polar surface area (TPSA) is 93.9 Å². The molecule has 2 saturated heterocycles. The van der Waals surface area contributed by atoms with Gasteiger partial charge in [0, 0.05) is 6.54 Å². The van der Waals surface area contributed by atoms with Crippen LogP contribution in [-0.4, -0.2) is 59.6 Å². The van der Waals surface area contributed by atoms with E-state index < -0.39 is 18.7 Å². The number of carbonyl (C=O) groups excluding carboxylic acids is 2. The lowest BCUT2D eigenvalue weighted by Crippen LogP contribution is -2.65. The molecule has 8 heteroatoms. The molecule has 3 N–H and O–H groups in total. The minimum Gasteiger partial charge on any atom is -0.404 e. The van der Waals surface area contributed by atoms with Crippen LogP contribution in [0.3, 0.4) is 0 Å². The van der Waals surface area contributed by atoms with Crippen LogP contribution >= 0.6 is 0 Å². The van der Waals surface area contributed by atoms with Gasteiger partial charge in [0.15, 0.2) is 0 Å². The van der Waals surface area contributed by atoms with Gasteiger partial charge in [0.1, 0.15) is 6.04 Å². The smallest absolute Gasteiger partial charge is 0.404 e. The Bertz CT molecular complexity index is 892. The quantitative estimate of drug-likeness (QED) is 0.476. The van der Waals surface area contributed by atoms with Crippen molar-refractivity contribution in [2.75, 3.05) is 6.54 Å². The highest BCUT2D eigenvalue weighted by molar-refractivity contribution is 6.47. The maximum absolute atomic E-state index is 14.0. The molecule has 0 radical (unpaired) electrons. The average molecular weight is 516 g/mol. The maximum atomic E-state index is 14.0. The van der Waals surface area contributed by atoms with Crippen LogP contribution in [0.15, 0.2) is 0 Å². The average Bonchev–Trinajstić information content (AvgIpc) is 3.38. The summed E-state index contributed by atoms with van der Waals surface area (Å²) in [6.45, 7) is 13.6. The summed E-state index contributed by atoms with van der Waals surface area (Å²) in [5.74, 6) is 1.29. The number of nitrogens with two attached hydrogens (primary N) is 1. The zero-order chi connectivity index (χ0) is 26.8. The number of hydrogen-bond donors (Lipinski definition) is 2. The van der Waals surface area contributed by atoms with Crippen molar-refractivity contribution in [1.82, 2.24) is 10.2 Å².